The summed E-state index contributed by atoms with van der Waals surface area (Å²) in [6, 6.07) is 3.13. The summed E-state index contributed by atoms with van der Waals surface area (Å²) < 4.78 is 17.0. The number of carboxylic acids is 1. The highest BCUT2D eigenvalue weighted by Gasteiger charge is 2.34. The lowest BCUT2D eigenvalue weighted by molar-refractivity contribution is 0.0695. The summed E-state index contributed by atoms with van der Waals surface area (Å²) in [7, 11) is 0. The first kappa shape index (κ1) is 19.3. The third-order valence-corrected chi connectivity index (χ3v) is 6.25. The van der Waals surface area contributed by atoms with E-state index >= 15 is 4.39 Å². The van der Waals surface area contributed by atoms with Crippen LogP contribution < -0.4 is 25.9 Å². The third-order valence-electron chi connectivity index (χ3n) is 6.25. The second-order valence-electron chi connectivity index (χ2n) is 8.23. The highest BCUT2D eigenvalue weighted by atomic mass is 19.1. The van der Waals surface area contributed by atoms with E-state index < -0.39 is 17.2 Å². The van der Waals surface area contributed by atoms with Gasteiger partial charge in [-0.15, -0.1) is 0 Å². The number of hydrogen-bond acceptors (Lipinski definition) is 6. The SMILES string of the molecule is O=C(O)c1c(N2CCNCC2)n(C2CC2)c2cc(N3CCNCC3)c(F)cc2c1=O. The number of carbonyl (C=O) groups is 1. The second-order valence-corrected chi connectivity index (χ2v) is 8.23. The number of aromatic nitrogens is 1. The predicted molar refractivity (Wildman–Crippen MR) is 114 cm³/mol. The molecule has 1 aliphatic carbocycles. The zero-order valence-electron chi connectivity index (χ0n) is 16.8. The maximum Gasteiger partial charge on any atom is 0.343 e. The van der Waals surface area contributed by atoms with E-state index in [-0.39, 0.29) is 17.0 Å². The van der Waals surface area contributed by atoms with Crippen molar-refractivity contribution < 1.29 is 14.3 Å². The van der Waals surface area contributed by atoms with Gasteiger partial charge in [0, 0.05) is 63.8 Å². The summed E-state index contributed by atoms with van der Waals surface area (Å²) in [5, 5.41) is 16.6. The first-order chi connectivity index (χ1) is 14.6. The molecule has 1 aromatic heterocycles. The first-order valence-electron chi connectivity index (χ1n) is 10.6. The number of benzene rings is 1. The lowest BCUT2D eigenvalue weighted by atomic mass is 10.1. The van der Waals surface area contributed by atoms with Crippen LogP contribution in [0.3, 0.4) is 0 Å². The first-order valence-corrected chi connectivity index (χ1v) is 10.6. The van der Waals surface area contributed by atoms with Crippen molar-refractivity contribution in [2.45, 2.75) is 18.9 Å². The average molecular weight is 415 g/mol. The standard InChI is InChI=1S/C21H26FN5O3/c22-15-11-14-16(12-17(15)25-7-3-23-4-8-25)27(13-1-2-13)20(18(19(14)28)21(29)30)26-9-5-24-6-10-26/h11-13,23-24H,1-10H2,(H,29,30). The van der Waals surface area contributed by atoms with E-state index in [0.29, 0.717) is 43.2 Å². The number of halogens is 1. The lowest BCUT2D eigenvalue weighted by Gasteiger charge is -2.34. The van der Waals surface area contributed by atoms with Gasteiger partial charge in [0.25, 0.3) is 0 Å². The molecule has 0 bridgehead atoms. The fourth-order valence-electron chi connectivity index (χ4n) is 4.63. The van der Waals surface area contributed by atoms with Crippen LogP contribution in [0.1, 0.15) is 29.2 Å². The van der Waals surface area contributed by atoms with E-state index in [4.69, 9.17) is 0 Å². The van der Waals surface area contributed by atoms with Crippen LogP contribution in [-0.4, -0.2) is 68.0 Å². The highest BCUT2D eigenvalue weighted by Crippen LogP contribution is 2.42. The van der Waals surface area contributed by atoms with Crippen LogP contribution in [0.4, 0.5) is 15.9 Å². The van der Waals surface area contributed by atoms with Gasteiger partial charge in [-0.1, -0.05) is 0 Å². The molecule has 8 nitrogen and oxygen atoms in total. The second kappa shape index (κ2) is 7.55. The van der Waals surface area contributed by atoms with E-state index in [0.717, 1.165) is 39.0 Å². The van der Waals surface area contributed by atoms with Crippen molar-refractivity contribution in [1.29, 1.82) is 0 Å². The molecule has 0 amide bonds. The van der Waals surface area contributed by atoms with Gasteiger partial charge in [0.2, 0.25) is 5.43 Å². The molecule has 2 aliphatic heterocycles. The van der Waals surface area contributed by atoms with Crippen LogP contribution in [0.5, 0.6) is 0 Å². The minimum atomic E-state index is -1.25. The molecule has 0 spiro atoms. The molecule has 1 saturated carbocycles. The molecular formula is C21H26FN5O3. The average Bonchev–Trinajstić information content (AvgIpc) is 3.59. The van der Waals surface area contributed by atoms with Crippen LogP contribution in [-0.2, 0) is 0 Å². The van der Waals surface area contributed by atoms with E-state index in [1.54, 1.807) is 6.07 Å². The molecule has 30 heavy (non-hydrogen) atoms. The van der Waals surface area contributed by atoms with Crippen molar-refractivity contribution in [1.82, 2.24) is 15.2 Å². The molecule has 0 unspecified atom stereocenters. The van der Waals surface area contributed by atoms with Gasteiger partial charge in [0.15, 0.2) is 0 Å². The van der Waals surface area contributed by atoms with E-state index in [2.05, 4.69) is 10.6 Å². The minimum Gasteiger partial charge on any atom is -0.477 e. The molecule has 2 saturated heterocycles. The summed E-state index contributed by atoms with van der Waals surface area (Å²) >= 11 is 0. The number of pyridine rings is 1. The van der Waals surface area contributed by atoms with Gasteiger partial charge in [0.1, 0.15) is 17.2 Å². The number of nitrogens with one attached hydrogen (secondary N) is 2. The maximum absolute atomic E-state index is 15.0. The molecule has 3 fully saturated rings. The summed E-state index contributed by atoms with van der Waals surface area (Å²) in [5.41, 5.74) is 0.266. The molecule has 0 radical (unpaired) electrons. The minimum absolute atomic E-state index is 0.136. The Labute approximate surface area is 173 Å². The van der Waals surface area contributed by atoms with Gasteiger partial charge in [-0.05, 0) is 25.0 Å². The van der Waals surface area contributed by atoms with E-state index in [1.807, 2.05) is 14.4 Å². The van der Waals surface area contributed by atoms with Crippen molar-refractivity contribution in [3.63, 3.8) is 0 Å². The van der Waals surface area contributed by atoms with Crippen LogP contribution in [0.15, 0.2) is 16.9 Å². The van der Waals surface area contributed by atoms with Crippen LogP contribution in [0.2, 0.25) is 0 Å². The monoisotopic (exact) mass is 415 g/mol. The van der Waals surface area contributed by atoms with Gasteiger partial charge in [-0.2, -0.15) is 0 Å². The summed E-state index contributed by atoms with van der Waals surface area (Å²) in [5.74, 6) is -1.26. The number of nitrogens with zero attached hydrogens (tertiary/aromatic N) is 3. The molecule has 0 atom stereocenters. The number of carboxylic acid groups (broad SMARTS) is 1. The Balaban J connectivity index is 1.79. The van der Waals surface area contributed by atoms with Crippen LogP contribution in [0.25, 0.3) is 10.9 Å². The molecule has 9 heteroatoms. The maximum atomic E-state index is 15.0. The van der Waals surface area contributed by atoms with Gasteiger partial charge < -0.3 is 30.1 Å². The Kier molecular flexibility index (Phi) is 4.86. The molecule has 1 aromatic carbocycles. The van der Waals surface area contributed by atoms with Crippen molar-refractivity contribution in [3.05, 3.63) is 33.7 Å². The van der Waals surface area contributed by atoms with Crippen molar-refractivity contribution in [3.8, 4) is 0 Å². The van der Waals surface area contributed by atoms with Gasteiger partial charge in [0.05, 0.1) is 11.2 Å². The quantitative estimate of drug-likeness (QED) is 0.686. The number of aromatic carboxylic acids is 1. The van der Waals surface area contributed by atoms with Gasteiger partial charge in [-0.3, -0.25) is 4.79 Å². The van der Waals surface area contributed by atoms with Gasteiger partial charge in [-0.25, -0.2) is 9.18 Å². The highest BCUT2D eigenvalue weighted by molar-refractivity contribution is 5.99. The van der Waals surface area contributed by atoms with Crippen LogP contribution >= 0.6 is 0 Å². The third kappa shape index (κ3) is 3.22. The zero-order valence-corrected chi connectivity index (χ0v) is 16.8. The predicted octanol–water partition coefficient (Wildman–Crippen LogP) is 0.993. The molecule has 160 valence electrons. The Hall–Kier alpha value is -2.65. The summed E-state index contributed by atoms with van der Waals surface area (Å²) in [4.78, 5) is 29.4. The van der Waals surface area contributed by atoms with Crippen molar-refractivity contribution in [2.24, 2.45) is 0 Å². The summed E-state index contributed by atoms with van der Waals surface area (Å²) in [6.07, 6.45) is 1.85. The van der Waals surface area contributed by atoms with E-state index in [9.17, 15) is 14.7 Å². The molecule has 3 N–H and O–H groups in total. The van der Waals surface area contributed by atoms with E-state index in [1.165, 1.54) is 6.07 Å². The smallest absolute Gasteiger partial charge is 0.343 e. The number of anilines is 2. The number of hydrogen-bond donors (Lipinski definition) is 3. The van der Waals surface area contributed by atoms with Crippen molar-refractivity contribution in [2.75, 3.05) is 62.2 Å². The van der Waals surface area contributed by atoms with Gasteiger partial charge >= 0.3 is 5.97 Å². The van der Waals surface area contributed by atoms with Crippen LogP contribution in [0, 0.1) is 5.82 Å². The number of fused-ring (bicyclic) bond motifs is 1. The Morgan fingerprint density at radius 2 is 1.60 bits per heavy atom. The molecule has 5 rings (SSSR count). The molecule has 2 aromatic rings. The molecular weight excluding hydrogens is 389 g/mol. The topological polar surface area (TPSA) is 89.8 Å². The normalized spacial score (nSPS) is 20.0. The fourth-order valence-corrected chi connectivity index (χ4v) is 4.63. The Morgan fingerprint density at radius 1 is 1.00 bits per heavy atom. The largest absolute Gasteiger partial charge is 0.477 e. The van der Waals surface area contributed by atoms with Crippen molar-refractivity contribution >= 4 is 28.4 Å². The summed E-state index contributed by atoms with van der Waals surface area (Å²) in [6.45, 7) is 5.64. The Morgan fingerprint density at radius 3 is 2.17 bits per heavy atom. The lowest BCUT2D eigenvalue weighted by Crippen LogP contribution is -2.46. The zero-order chi connectivity index (χ0) is 20.8. The number of piperazine rings is 2. The Bertz CT molecular complexity index is 1050. The number of rotatable bonds is 4. The fraction of sp³-hybridized carbons (Fsp3) is 0.524. The molecule has 3 heterocycles. The molecule has 3 aliphatic rings.